The summed E-state index contributed by atoms with van der Waals surface area (Å²) in [4.78, 5) is 10.9. The van der Waals surface area contributed by atoms with E-state index in [0.717, 1.165) is 19.0 Å². The first-order valence-electron chi connectivity index (χ1n) is 5.88. The van der Waals surface area contributed by atoms with Crippen LogP contribution in [-0.4, -0.2) is 28.2 Å². The Morgan fingerprint density at radius 3 is 2.56 bits per heavy atom. The van der Waals surface area contributed by atoms with Crippen molar-refractivity contribution < 1.29 is 5.11 Å². The molecule has 0 atom stereocenters. The van der Waals surface area contributed by atoms with Crippen LogP contribution in [0.2, 0.25) is 0 Å². The molecule has 0 bridgehead atoms. The van der Waals surface area contributed by atoms with Crippen molar-refractivity contribution in [2.45, 2.75) is 38.7 Å². The van der Waals surface area contributed by atoms with Gasteiger partial charge in [0.1, 0.15) is 5.60 Å². The minimum atomic E-state index is -0.895. The van der Waals surface area contributed by atoms with Gasteiger partial charge < -0.3 is 10.0 Å². The largest absolute Gasteiger partial charge is 0.384 e. The molecule has 0 aliphatic carbocycles. The molecule has 1 aromatic heterocycles. The summed E-state index contributed by atoms with van der Waals surface area (Å²) in [6, 6.07) is 1.77. The smallest absolute Gasteiger partial charge is 0.225 e. The molecule has 0 radical (unpaired) electrons. The Labute approximate surface area is 96.3 Å². The van der Waals surface area contributed by atoms with Gasteiger partial charge in [0, 0.05) is 19.3 Å². The number of aromatic nitrogens is 2. The lowest BCUT2D eigenvalue weighted by molar-refractivity contribution is 0.0737. The second-order valence-corrected chi connectivity index (χ2v) is 4.85. The number of anilines is 1. The van der Waals surface area contributed by atoms with E-state index in [2.05, 4.69) is 14.9 Å². The molecule has 1 saturated heterocycles. The number of hydrogen-bond donors (Lipinski definition) is 1. The summed E-state index contributed by atoms with van der Waals surface area (Å²) >= 11 is 0. The normalized spacial score (nSPS) is 17.6. The van der Waals surface area contributed by atoms with Gasteiger partial charge in [-0.1, -0.05) is 0 Å². The Balaban J connectivity index is 2.21. The Bertz CT molecular complexity index is 354. The molecule has 0 aromatic carbocycles. The summed E-state index contributed by atoms with van der Waals surface area (Å²) in [6.45, 7) is 5.54. The zero-order chi connectivity index (χ0) is 11.6. The molecule has 1 aromatic rings. The quantitative estimate of drug-likeness (QED) is 0.825. The number of piperidine rings is 1. The van der Waals surface area contributed by atoms with Crippen molar-refractivity contribution in [3.63, 3.8) is 0 Å². The summed E-state index contributed by atoms with van der Waals surface area (Å²) in [5, 5.41) is 9.90. The van der Waals surface area contributed by atoms with Crippen LogP contribution in [0.1, 0.15) is 38.8 Å². The molecule has 1 aliphatic heterocycles. The second kappa shape index (κ2) is 4.37. The van der Waals surface area contributed by atoms with E-state index in [4.69, 9.17) is 0 Å². The Kier molecular flexibility index (Phi) is 3.10. The lowest BCUT2D eigenvalue weighted by Crippen LogP contribution is -2.32. The molecule has 4 heteroatoms. The first-order chi connectivity index (χ1) is 7.57. The molecule has 0 spiro atoms. The standard InChI is InChI=1S/C12H19N3O/c1-12(2,16)10-6-7-13-11(14-10)15-8-4-3-5-9-15/h6-7,16H,3-5,8-9H2,1-2H3. The van der Waals surface area contributed by atoms with E-state index in [0.29, 0.717) is 5.69 Å². The summed E-state index contributed by atoms with van der Waals surface area (Å²) < 4.78 is 0. The van der Waals surface area contributed by atoms with Crippen molar-refractivity contribution in [1.82, 2.24) is 9.97 Å². The van der Waals surface area contributed by atoms with Gasteiger partial charge in [-0.15, -0.1) is 0 Å². The molecule has 2 rings (SSSR count). The van der Waals surface area contributed by atoms with Crippen LogP contribution in [0.5, 0.6) is 0 Å². The fourth-order valence-electron chi connectivity index (χ4n) is 1.94. The van der Waals surface area contributed by atoms with Gasteiger partial charge in [-0.2, -0.15) is 0 Å². The van der Waals surface area contributed by atoms with E-state index >= 15 is 0 Å². The van der Waals surface area contributed by atoms with Gasteiger partial charge in [0.05, 0.1) is 5.69 Å². The zero-order valence-corrected chi connectivity index (χ0v) is 9.98. The van der Waals surface area contributed by atoms with Gasteiger partial charge in [0.25, 0.3) is 0 Å². The van der Waals surface area contributed by atoms with Crippen LogP contribution in [0.3, 0.4) is 0 Å². The highest BCUT2D eigenvalue weighted by Gasteiger charge is 2.20. The summed E-state index contributed by atoms with van der Waals surface area (Å²) in [5.74, 6) is 0.749. The molecule has 2 heterocycles. The van der Waals surface area contributed by atoms with Gasteiger partial charge in [-0.25, -0.2) is 9.97 Å². The average molecular weight is 221 g/mol. The number of hydrogen-bond acceptors (Lipinski definition) is 4. The van der Waals surface area contributed by atoms with E-state index in [1.54, 1.807) is 26.1 Å². The average Bonchev–Trinajstić information content (AvgIpc) is 2.29. The predicted molar refractivity (Wildman–Crippen MR) is 63.3 cm³/mol. The van der Waals surface area contributed by atoms with Gasteiger partial charge in [-0.3, -0.25) is 0 Å². The van der Waals surface area contributed by atoms with Gasteiger partial charge in [0.15, 0.2) is 0 Å². The van der Waals surface area contributed by atoms with Gasteiger partial charge in [-0.05, 0) is 39.2 Å². The van der Waals surface area contributed by atoms with Gasteiger partial charge >= 0.3 is 0 Å². The van der Waals surface area contributed by atoms with Crippen LogP contribution in [-0.2, 0) is 5.60 Å². The van der Waals surface area contributed by atoms with Crippen molar-refractivity contribution in [3.8, 4) is 0 Å². The first kappa shape index (κ1) is 11.3. The second-order valence-electron chi connectivity index (χ2n) is 4.85. The van der Waals surface area contributed by atoms with Crippen LogP contribution in [0.4, 0.5) is 5.95 Å². The molecule has 0 unspecified atom stereocenters. The van der Waals surface area contributed by atoms with E-state index in [-0.39, 0.29) is 0 Å². The van der Waals surface area contributed by atoms with Crippen molar-refractivity contribution in [2.24, 2.45) is 0 Å². The molecule has 1 fully saturated rings. The maximum atomic E-state index is 9.90. The number of nitrogens with zero attached hydrogens (tertiary/aromatic N) is 3. The predicted octanol–water partition coefficient (Wildman–Crippen LogP) is 1.69. The topological polar surface area (TPSA) is 49.3 Å². The SMILES string of the molecule is CC(C)(O)c1ccnc(N2CCCCC2)n1. The highest BCUT2D eigenvalue weighted by Crippen LogP contribution is 2.20. The third-order valence-electron chi connectivity index (χ3n) is 2.91. The molecule has 4 nitrogen and oxygen atoms in total. The van der Waals surface area contributed by atoms with Crippen LogP contribution in [0.15, 0.2) is 12.3 Å². The molecular weight excluding hydrogens is 202 g/mol. The summed E-state index contributed by atoms with van der Waals surface area (Å²) in [5.41, 5.74) is -0.212. The maximum absolute atomic E-state index is 9.90. The van der Waals surface area contributed by atoms with Crippen LogP contribution in [0, 0.1) is 0 Å². The van der Waals surface area contributed by atoms with Gasteiger partial charge in [0.2, 0.25) is 5.95 Å². The van der Waals surface area contributed by atoms with E-state index in [1.807, 2.05) is 0 Å². The van der Waals surface area contributed by atoms with Crippen LogP contribution < -0.4 is 4.90 Å². The van der Waals surface area contributed by atoms with E-state index < -0.39 is 5.60 Å². The molecule has 1 N–H and O–H groups in total. The molecular formula is C12H19N3O. The molecule has 16 heavy (non-hydrogen) atoms. The highest BCUT2D eigenvalue weighted by atomic mass is 16.3. The van der Waals surface area contributed by atoms with Crippen molar-refractivity contribution in [2.75, 3.05) is 18.0 Å². The maximum Gasteiger partial charge on any atom is 0.225 e. The lowest BCUT2D eigenvalue weighted by Gasteiger charge is -2.27. The Morgan fingerprint density at radius 1 is 1.25 bits per heavy atom. The molecule has 88 valence electrons. The Morgan fingerprint density at radius 2 is 1.94 bits per heavy atom. The minimum absolute atomic E-state index is 0.683. The van der Waals surface area contributed by atoms with Crippen molar-refractivity contribution >= 4 is 5.95 Å². The summed E-state index contributed by atoms with van der Waals surface area (Å²) in [7, 11) is 0. The first-order valence-corrected chi connectivity index (χ1v) is 5.88. The Hall–Kier alpha value is -1.16. The molecule has 0 saturated carbocycles. The third kappa shape index (κ3) is 2.50. The lowest BCUT2D eigenvalue weighted by atomic mass is 10.1. The fraction of sp³-hybridized carbons (Fsp3) is 0.667. The van der Waals surface area contributed by atoms with Crippen LogP contribution in [0.25, 0.3) is 0 Å². The fourth-order valence-corrected chi connectivity index (χ4v) is 1.94. The molecule has 1 aliphatic rings. The number of rotatable bonds is 2. The third-order valence-corrected chi connectivity index (χ3v) is 2.91. The monoisotopic (exact) mass is 221 g/mol. The number of aliphatic hydroxyl groups is 1. The highest BCUT2D eigenvalue weighted by molar-refractivity contribution is 5.31. The van der Waals surface area contributed by atoms with Crippen molar-refractivity contribution in [3.05, 3.63) is 18.0 Å². The van der Waals surface area contributed by atoms with Crippen LogP contribution >= 0.6 is 0 Å². The zero-order valence-electron chi connectivity index (χ0n) is 9.98. The minimum Gasteiger partial charge on any atom is -0.384 e. The molecule has 0 amide bonds. The van der Waals surface area contributed by atoms with E-state index in [9.17, 15) is 5.11 Å². The van der Waals surface area contributed by atoms with E-state index in [1.165, 1.54) is 19.3 Å². The summed E-state index contributed by atoms with van der Waals surface area (Å²) in [6.07, 6.45) is 5.43. The van der Waals surface area contributed by atoms with Crippen molar-refractivity contribution in [1.29, 1.82) is 0 Å².